The van der Waals surface area contributed by atoms with Gasteiger partial charge in [-0.1, -0.05) is 82.2 Å². The molecule has 0 spiro atoms. The monoisotopic (exact) mass is 1270 g/mol. The molecular weight excluding hydrogens is 1170 g/mol. The third-order valence-corrected chi connectivity index (χ3v) is 17.2. The molecule has 88 heavy (non-hydrogen) atoms. The molecular formula is C65H98N6O15S2. The van der Waals surface area contributed by atoms with E-state index in [1.54, 1.807) is 72.0 Å². The number of hydrogen-bond donors (Lipinski definition) is 3. The summed E-state index contributed by atoms with van der Waals surface area (Å²) >= 11 is 0. The largest absolute Gasteiger partial charge is 0.456 e. The van der Waals surface area contributed by atoms with Crippen molar-refractivity contribution in [2.24, 2.45) is 17.8 Å². The van der Waals surface area contributed by atoms with Crippen LogP contribution in [0.15, 0.2) is 77.0 Å². The van der Waals surface area contributed by atoms with Crippen LogP contribution in [0, 0.1) is 17.8 Å². The Labute approximate surface area is 529 Å². The topological polar surface area (TPSA) is 264 Å². The van der Waals surface area contributed by atoms with E-state index in [1.807, 2.05) is 65.8 Å². The number of hydrogen-bond acceptors (Lipinski definition) is 18. The second kappa shape index (κ2) is 42.0. The number of Topliss-reactive ketones (excluding diaryl/α,β-unsaturated/α-hetero) is 1. The lowest BCUT2D eigenvalue weighted by Gasteiger charge is -2.33. The molecule has 1 aliphatic heterocycles. The molecule has 0 fully saturated rings. The Kier molecular flexibility index (Phi) is 36.3. The van der Waals surface area contributed by atoms with E-state index in [9.17, 15) is 43.2 Å². The molecule has 2 aromatic rings. The number of allylic oxidation sites excluding steroid dienone is 2. The third kappa shape index (κ3) is 29.0. The number of likely N-dealkylation sites (N-methyl/N-ethyl adjacent to an activating group) is 2. The number of ketones is 1. The van der Waals surface area contributed by atoms with Gasteiger partial charge in [0.25, 0.3) is 5.91 Å². The molecule has 0 saturated heterocycles. The summed E-state index contributed by atoms with van der Waals surface area (Å²) in [5, 5.41) is 9.09. The summed E-state index contributed by atoms with van der Waals surface area (Å²) in [7, 11) is 6.01. The Bertz CT molecular complexity index is 2590. The summed E-state index contributed by atoms with van der Waals surface area (Å²) in [6.07, 6.45) is 8.80. The van der Waals surface area contributed by atoms with Crippen LogP contribution in [0.5, 0.6) is 5.75 Å². The van der Waals surface area contributed by atoms with Crippen LogP contribution in [0.4, 0.5) is 0 Å². The summed E-state index contributed by atoms with van der Waals surface area (Å²) < 4.78 is 34.3. The lowest BCUT2D eigenvalue weighted by atomic mass is 9.93. The van der Waals surface area contributed by atoms with Gasteiger partial charge in [-0.25, -0.2) is 14.6 Å². The maximum absolute atomic E-state index is 14.6. The summed E-state index contributed by atoms with van der Waals surface area (Å²) in [5.41, 5.74) is 1.61. The summed E-state index contributed by atoms with van der Waals surface area (Å²) in [6, 6.07) is 7.56. The van der Waals surface area contributed by atoms with Crippen molar-refractivity contribution >= 4 is 74.8 Å². The molecule has 0 aliphatic carbocycles. The molecule has 8 atom stereocenters. The number of carbonyl (C=O) groups excluding carboxylic acids is 9. The molecule has 21 nitrogen and oxygen atoms in total. The van der Waals surface area contributed by atoms with E-state index in [1.165, 1.54) is 32.8 Å². The number of unbranched alkanes of at least 4 members (excludes halogenated alkanes) is 2. The van der Waals surface area contributed by atoms with Crippen molar-refractivity contribution in [3.05, 3.63) is 77.5 Å². The number of benzene rings is 1. The highest BCUT2D eigenvalue weighted by Gasteiger charge is 2.36. The van der Waals surface area contributed by atoms with E-state index < -0.39 is 96.3 Å². The van der Waals surface area contributed by atoms with Gasteiger partial charge in [0.15, 0.2) is 6.10 Å². The maximum atomic E-state index is 14.6. The molecule has 1 unspecified atom stereocenters. The second-order valence-corrected chi connectivity index (χ2v) is 25.3. The highest BCUT2D eigenvalue weighted by atomic mass is 33.1. The number of nitrogens with one attached hydrogen (secondary N) is 3. The molecule has 0 bridgehead atoms. The first kappa shape index (κ1) is 76.1. The quantitative estimate of drug-likeness (QED) is 0.0227. The van der Waals surface area contributed by atoms with Crippen LogP contribution in [-0.4, -0.2) is 170 Å². The summed E-state index contributed by atoms with van der Waals surface area (Å²) in [5.74, 6) is -4.60. The Morgan fingerprint density at radius 1 is 0.784 bits per heavy atom. The van der Waals surface area contributed by atoms with Gasteiger partial charge >= 0.3 is 17.9 Å². The molecule has 0 radical (unpaired) electrons. The molecule has 23 heteroatoms. The predicted molar refractivity (Wildman–Crippen MR) is 340 cm³/mol. The lowest BCUT2D eigenvalue weighted by molar-refractivity contribution is -0.154. The van der Waals surface area contributed by atoms with Gasteiger partial charge in [0.05, 0.1) is 33.0 Å². The number of carbonyl (C=O) groups is 9. The van der Waals surface area contributed by atoms with Crippen LogP contribution in [0.25, 0.3) is 0 Å². The summed E-state index contributed by atoms with van der Waals surface area (Å²) in [4.78, 5) is 129. The normalized spacial score (nSPS) is 22.2. The Morgan fingerprint density at radius 3 is 2.03 bits per heavy atom. The molecule has 2 heterocycles. The first-order valence-electron chi connectivity index (χ1n) is 30.8. The van der Waals surface area contributed by atoms with Gasteiger partial charge in [-0.05, 0) is 144 Å². The number of aromatic nitrogens is 1. The minimum atomic E-state index is -1.26. The number of esters is 3. The van der Waals surface area contributed by atoms with E-state index >= 15 is 0 Å². The van der Waals surface area contributed by atoms with E-state index in [4.69, 9.17) is 28.4 Å². The van der Waals surface area contributed by atoms with Crippen molar-refractivity contribution in [1.82, 2.24) is 30.7 Å². The minimum Gasteiger partial charge on any atom is -0.456 e. The minimum absolute atomic E-state index is 0.0715. The first-order chi connectivity index (χ1) is 41.9. The number of cyclic esters (lactones) is 2. The van der Waals surface area contributed by atoms with Gasteiger partial charge in [-0.15, -0.1) is 0 Å². The van der Waals surface area contributed by atoms with Crippen molar-refractivity contribution in [3.8, 4) is 5.75 Å². The van der Waals surface area contributed by atoms with Crippen LogP contribution >= 0.6 is 21.6 Å². The standard InChI is InChI=1S/C65H98N6O15S2/c1-13-44(5)58-61(76)68-49(10)65(80)86-59(45(6)14-2)46(7)22-21-23-47(8)64(79)85-54(40-43(3)4)60(75)67-48(9)62(77)71(12)53(63(78)70(11)42-55(73)69-58)41-50-27-29-52(30-28-50)84-57(74)26-17-20-34-82-36-38-83-37-35-81-33-19-16-24-51(72)31-39-87-88-56-25-15-18-32-66-56/h14-15,18,23,25,27-30,32,43-44,46,48-49,53-54,58-59H,13,16-17,19-22,24,26,31,33-42H2,1-12H3,(H,67,75)(H,68,76)(H,69,73)/b45-14+,47-23+/t44?,46-,48-,49+,53+,54+,58-,59+/m0/s1. The maximum Gasteiger partial charge on any atom is 0.334 e. The molecule has 0 saturated carbocycles. The van der Waals surface area contributed by atoms with E-state index in [2.05, 4.69) is 20.9 Å². The van der Waals surface area contributed by atoms with Crippen molar-refractivity contribution in [2.75, 3.05) is 66.0 Å². The predicted octanol–water partition coefficient (Wildman–Crippen LogP) is 8.36. The van der Waals surface area contributed by atoms with E-state index in [-0.39, 0.29) is 48.2 Å². The number of amides is 5. The van der Waals surface area contributed by atoms with Gasteiger partial charge in [0.1, 0.15) is 46.8 Å². The fourth-order valence-corrected chi connectivity index (χ4v) is 11.1. The van der Waals surface area contributed by atoms with Crippen molar-refractivity contribution in [3.63, 3.8) is 0 Å². The van der Waals surface area contributed by atoms with Crippen molar-refractivity contribution < 1.29 is 71.6 Å². The van der Waals surface area contributed by atoms with Crippen LogP contribution in [0.3, 0.4) is 0 Å². The lowest BCUT2D eigenvalue weighted by Crippen LogP contribution is -2.57. The fraction of sp³-hybridized carbons (Fsp3) is 0.631. The molecule has 1 aromatic heterocycles. The smallest absolute Gasteiger partial charge is 0.334 e. The Balaban J connectivity index is 1.61. The number of rotatable bonds is 29. The Morgan fingerprint density at radius 2 is 1.42 bits per heavy atom. The second-order valence-electron chi connectivity index (χ2n) is 22.8. The molecule has 3 N–H and O–H groups in total. The highest BCUT2D eigenvalue weighted by molar-refractivity contribution is 8.76. The van der Waals surface area contributed by atoms with Crippen LogP contribution in [0.1, 0.15) is 145 Å². The fourth-order valence-electron chi connectivity index (χ4n) is 9.17. The van der Waals surface area contributed by atoms with E-state index in [0.717, 1.165) is 34.1 Å². The van der Waals surface area contributed by atoms with Crippen molar-refractivity contribution in [1.29, 1.82) is 0 Å². The molecule has 1 aromatic carbocycles. The Hall–Kier alpha value is -6.14. The zero-order valence-corrected chi connectivity index (χ0v) is 55.5. The summed E-state index contributed by atoms with van der Waals surface area (Å²) in [6.45, 7) is 19.6. The zero-order valence-electron chi connectivity index (χ0n) is 53.9. The number of ether oxygens (including phenoxy) is 6. The average Bonchev–Trinajstić information content (AvgIpc) is 3.70. The van der Waals surface area contributed by atoms with Gasteiger partial charge in [0, 0.05) is 70.5 Å². The first-order valence-corrected chi connectivity index (χ1v) is 33.2. The number of pyridine rings is 1. The van der Waals surface area contributed by atoms with E-state index in [0.29, 0.717) is 90.2 Å². The van der Waals surface area contributed by atoms with Gasteiger partial charge in [-0.2, -0.15) is 0 Å². The molecule has 3 rings (SSSR count). The van der Waals surface area contributed by atoms with Crippen LogP contribution < -0.4 is 20.7 Å². The molecule has 5 amide bonds. The molecule has 490 valence electrons. The zero-order chi connectivity index (χ0) is 65.1. The highest BCUT2D eigenvalue weighted by Crippen LogP contribution is 2.30. The van der Waals surface area contributed by atoms with Crippen LogP contribution in [-0.2, 0) is 73.3 Å². The number of nitrogens with zero attached hydrogens (tertiary/aromatic N) is 3. The third-order valence-electron chi connectivity index (χ3n) is 14.9. The van der Waals surface area contributed by atoms with Crippen LogP contribution in [0.2, 0.25) is 0 Å². The SMILES string of the molecule is C/C=C(\C)[C@H]1OC(=O)[C@@H](C)NC(=O)[C@H](C(C)CC)NC(=O)CN(C)C(=O)[C@@H](Cc2ccc(OC(=O)CCCCOCCOCCOCCCCC(=O)CCSSc3ccccn3)cc2)N(C)C(=O)[C@H](C)NC(=O)[C@@H](CC(C)C)OC(=O)/C(C)=C/CC[C@@H]1C. The van der Waals surface area contributed by atoms with Gasteiger partial charge in [-0.3, -0.25) is 33.6 Å². The molecule has 1 aliphatic rings. The average molecular weight is 1270 g/mol. The van der Waals surface area contributed by atoms with Gasteiger partial charge < -0.3 is 54.2 Å². The van der Waals surface area contributed by atoms with Gasteiger partial charge in [0.2, 0.25) is 23.6 Å². The van der Waals surface area contributed by atoms with Crippen molar-refractivity contribution in [2.45, 2.75) is 188 Å².